The summed E-state index contributed by atoms with van der Waals surface area (Å²) < 4.78 is 51.9. The first-order valence-corrected chi connectivity index (χ1v) is 11.1. The fourth-order valence-electron chi connectivity index (χ4n) is 3.58. The second-order valence-corrected chi connectivity index (χ2v) is 9.19. The normalized spacial score (nSPS) is 16.0. The number of aromatic nitrogens is 2. The molecule has 0 amide bonds. The molecule has 158 valence electrons. The van der Waals surface area contributed by atoms with Gasteiger partial charge in [0.15, 0.2) is 0 Å². The molecule has 1 aliphatic rings. The fourth-order valence-corrected chi connectivity index (χ4v) is 5.29. The van der Waals surface area contributed by atoms with E-state index in [1.807, 2.05) is 13.0 Å². The molecule has 7 nitrogen and oxygen atoms in total. The van der Waals surface area contributed by atoms with Crippen LogP contribution in [0.15, 0.2) is 51.8 Å². The maximum atomic E-state index is 13.1. The van der Waals surface area contributed by atoms with Crippen molar-refractivity contribution in [2.24, 2.45) is 0 Å². The van der Waals surface area contributed by atoms with Gasteiger partial charge in [-0.05, 0) is 61.7 Å². The van der Waals surface area contributed by atoms with Gasteiger partial charge in [0.2, 0.25) is 21.8 Å². The SMILES string of the molecule is COc1ccc(C)cc1S(=O)(=O)N1CCC(c2nnc(-c3ccc(F)cc3)o2)CC1. The zero-order chi connectivity index (χ0) is 21.3. The molecule has 0 N–H and O–H groups in total. The Kier molecular flexibility index (Phi) is 5.57. The van der Waals surface area contributed by atoms with Crippen LogP contribution in [0.2, 0.25) is 0 Å². The van der Waals surface area contributed by atoms with E-state index in [0.29, 0.717) is 49.0 Å². The number of hydrogen-bond donors (Lipinski definition) is 0. The van der Waals surface area contributed by atoms with Crippen molar-refractivity contribution >= 4 is 10.0 Å². The number of sulfonamides is 1. The Morgan fingerprint density at radius 1 is 1.10 bits per heavy atom. The number of ether oxygens (including phenoxy) is 1. The molecule has 2 heterocycles. The number of methoxy groups -OCH3 is 1. The van der Waals surface area contributed by atoms with Gasteiger partial charge in [-0.2, -0.15) is 4.31 Å². The largest absolute Gasteiger partial charge is 0.495 e. The molecule has 0 aliphatic carbocycles. The standard InChI is InChI=1S/C21H22FN3O4S/c1-14-3-8-18(28-2)19(13-14)30(26,27)25-11-9-16(10-12-25)21-24-23-20(29-21)15-4-6-17(22)7-5-15/h3-8,13,16H,9-12H2,1-2H3. The number of benzene rings is 2. The van der Waals surface area contributed by atoms with Gasteiger partial charge in [0.1, 0.15) is 16.5 Å². The first kappa shape index (κ1) is 20.5. The molecule has 0 saturated carbocycles. The Hall–Kier alpha value is -2.78. The molecule has 1 aromatic heterocycles. The smallest absolute Gasteiger partial charge is 0.247 e. The van der Waals surface area contributed by atoms with Crippen molar-refractivity contribution in [2.45, 2.75) is 30.6 Å². The summed E-state index contributed by atoms with van der Waals surface area (Å²) in [5.74, 6) is 0.766. The average molecular weight is 431 g/mol. The van der Waals surface area contributed by atoms with E-state index in [1.165, 1.54) is 23.5 Å². The highest BCUT2D eigenvalue weighted by molar-refractivity contribution is 7.89. The van der Waals surface area contributed by atoms with Gasteiger partial charge in [-0.1, -0.05) is 6.07 Å². The number of rotatable bonds is 5. The molecule has 0 unspecified atom stereocenters. The minimum absolute atomic E-state index is 0.0300. The van der Waals surface area contributed by atoms with Crippen LogP contribution in [0.4, 0.5) is 4.39 Å². The second-order valence-electron chi connectivity index (χ2n) is 7.29. The first-order chi connectivity index (χ1) is 14.4. The molecular formula is C21H22FN3O4S. The first-order valence-electron chi connectivity index (χ1n) is 9.62. The quantitative estimate of drug-likeness (QED) is 0.611. The predicted octanol–water partition coefficient (Wildman–Crippen LogP) is 3.76. The van der Waals surface area contributed by atoms with E-state index in [1.54, 1.807) is 24.3 Å². The summed E-state index contributed by atoms with van der Waals surface area (Å²) in [4.78, 5) is 0.180. The lowest BCUT2D eigenvalue weighted by atomic mass is 9.98. The maximum absolute atomic E-state index is 13.1. The van der Waals surface area contributed by atoms with Gasteiger partial charge in [-0.15, -0.1) is 10.2 Å². The summed E-state index contributed by atoms with van der Waals surface area (Å²) >= 11 is 0. The number of aryl methyl sites for hydroxylation is 1. The van der Waals surface area contributed by atoms with Crippen LogP contribution in [0, 0.1) is 12.7 Å². The Morgan fingerprint density at radius 3 is 2.47 bits per heavy atom. The van der Waals surface area contributed by atoms with Crippen LogP contribution in [0.25, 0.3) is 11.5 Å². The molecule has 9 heteroatoms. The Balaban J connectivity index is 1.48. The van der Waals surface area contributed by atoms with Gasteiger partial charge in [-0.25, -0.2) is 12.8 Å². The number of piperidine rings is 1. The van der Waals surface area contributed by atoms with Crippen LogP contribution in [-0.4, -0.2) is 43.1 Å². The van der Waals surface area contributed by atoms with Crippen LogP contribution < -0.4 is 4.74 Å². The molecule has 0 atom stereocenters. The lowest BCUT2D eigenvalue weighted by molar-refractivity contribution is 0.290. The Morgan fingerprint density at radius 2 is 1.80 bits per heavy atom. The van der Waals surface area contributed by atoms with Gasteiger partial charge in [0, 0.05) is 24.6 Å². The van der Waals surface area contributed by atoms with Crippen LogP contribution in [0.5, 0.6) is 5.75 Å². The summed E-state index contributed by atoms with van der Waals surface area (Å²) in [7, 11) is -2.21. The summed E-state index contributed by atoms with van der Waals surface area (Å²) in [5.41, 5.74) is 1.49. The minimum atomic E-state index is -3.67. The topological polar surface area (TPSA) is 85.5 Å². The van der Waals surface area contributed by atoms with Crippen molar-refractivity contribution in [1.29, 1.82) is 0 Å². The predicted molar refractivity (Wildman–Crippen MR) is 108 cm³/mol. The summed E-state index contributed by atoms with van der Waals surface area (Å²) in [6, 6.07) is 11.0. The molecule has 4 rings (SSSR count). The van der Waals surface area contributed by atoms with Gasteiger partial charge in [0.05, 0.1) is 7.11 Å². The van der Waals surface area contributed by atoms with E-state index in [4.69, 9.17) is 9.15 Å². The zero-order valence-electron chi connectivity index (χ0n) is 16.7. The molecule has 2 aromatic carbocycles. The summed E-state index contributed by atoms with van der Waals surface area (Å²) in [6.07, 6.45) is 1.14. The lowest BCUT2D eigenvalue weighted by Gasteiger charge is -2.30. The third kappa shape index (κ3) is 3.95. The van der Waals surface area contributed by atoms with Crippen molar-refractivity contribution in [2.75, 3.05) is 20.2 Å². The highest BCUT2D eigenvalue weighted by Gasteiger charge is 2.33. The molecule has 1 saturated heterocycles. The maximum Gasteiger partial charge on any atom is 0.247 e. The van der Waals surface area contributed by atoms with Crippen molar-refractivity contribution in [1.82, 2.24) is 14.5 Å². The van der Waals surface area contributed by atoms with Crippen molar-refractivity contribution in [3.8, 4) is 17.2 Å². The average Bonchev–Trinajstić information content (AvgIpc) is 3.24. The summed E-state index contributed by atoms with van der Waals surface area (Å²) in [6.45, 7) is 2.54. The molecule has 0 radical (unpaired) electrons. The van der Waals surface area contributed by atoms with E-state index >= 15 is 0 Å². The molecule has 1 aliphatic heterocycles. The van der Waals surface area contributed by atoms with Crippen molar-refractivity contribution < 1.29 is 22.0 Å². The van der Waals surface area contributed by atoms with E-state index in [9.17, 15) is 12.8 Å². The van der Waals surface area contributed by atoms with Gasteiger partial charge in [0.25, 0.3) is 0 Å². The number of halogens is 1. The number of hydrogen-bond acceptors (Lipinski definition) is 6. The van der Waals surface area contributed by atoms with Crippen LogP contribution >= 0.6 is 0 Å². The Labute approximate surface area is 174 Å². The zero-order valence-corrected chi connectivity index (χ0v) is 17.5. The van der Waals surface area contributed by atoms with E-state index < -0.39 is 10.0 Å². The van der Waals surface area contributed by atoms with Crippen molar-refractivity contribution in [3.05, 3.63) is 59.7 Å². The van der Waals surface area contributed by atoms with Gasteiger partial charge >= 0.3 is 0 Å². The van der Waals surface area contributed by atoms with Crippen LogP contribution in [0.3, 0.4) is 0 Å². The van der Waals surface area contributed by atoms with Crippen LogP contribution in [-0.2, 0) is 10.0 Å². The monoisotopic (exact) mass is 431 g/mol. The highest BCUT2D eigenvalue weighted by atomic mass is 32.2. The summed E-state index contributed by atoms with van der Waals surface area (Å²) in [5, 5.41) is 8.18. The van der Waals surface area contributed by atoms with Crippen molar-refractivity contribution in [3.63, 3.8) is 0 Å². The molecule has 0 bridgehead atoms. The Bertz CT molecular complexity index is 1140. The third-order valence-electron chi connectivity index (χ3n) is 5.27. The van der Waals surface area contributed by atoms with Gasteiger partial charge < -0.3 is 9.15 Å². The lowest BCUT2D eigenvalue weighted by Crippen LogP contribution is -2.38. The molecule has 1 fully saturated rings. The highest BCUT2D eigenvalue weighted by Crippen LogP contribution is 2.34. The second kappa shape index (κ2) is 8.16. The molecule has 3 aromatic rings. The van der Waals surface area contributed by atoms with E-state index in [2.05, 4.69) is 10.2 Å². The van der Waals surface area contributed by atoms with E-state index in [0.717, 1.165) is 5.56 Å². The van der Waals surface area contributed by atoms with Crippen LogP contribution in [0.1, 0.15) is 30.2 Å². The fraction of sp³-hybridized carbons (Fsp3) is 0.333. The molecule has 30 heavy (non-hydrogen) atoms. The van der Waals surface area contributed by atoms with Gasteiger partial charge in [-0.3, -0.25) is 0 Å². The number of nitrogens with zero attached hydrogens (tertiary/aromatic N) is 3. The van der Waals surface area contributed by atoms with E-state index in [-0.39, 0.29) is 16.6 Å². The molecular weight excluding hydrogens is 409 g/mol. The third-order valence-corrected chi connectivity index (χ3v) is 7.19. The molecule has 0 spiro atoms. The minimum Gasteiger partial charge on any atom is -0.495 e.